The fourth-order valence-electron chi connectivity index (χ4n) is 2.58. The lowest BCUT2D eigenvalue weighted by Gasteiger charge is -2.40. The molecule has 0 bridgehead atoms. The Hall–Kier alpha value is -1.02. The number of nitrogens with one attached hydrogen (secondary N) is 1. The molecular weight excluding hydrogens is 210 g/mol. The molecule has 0 fully saturated rings. The minimum Gasteiger partial charge on any atom is -0.391 e. The van der Waals surface area contributed by atoms with Crippen molar-refractivity contribution in [3.63, 3.8) is 0 Å². The molecule has 1 aliphatic heterocycles. The minimum absolute atomic E-state index is 0.0700. The summed E-state index contributed by atoms with van der Waals surface area (Å²) in [7, 11) is 0. The number of benzene rings is 1. The summed E-state index contributed by atoms with van der Waals surface area (Å²) >= 11 is 0. The Bertz CT molecular complexity index is 406. The number of fused-ring (bicyclic) bond motifs is 1. The van der Waals surface area contributed by atoms with Crippen molar-refractivity contribution >= 4 is 5.69 Å². The summed E-state index contributed by atoms with van der Waals surface area (Å²) in [6.45, 7) is 8.66. The van der Waals surface area contributed by atoms with Crippen molar-refractivity contribution in [2.24, 2.45) is 5.41 Å². The van der Waals surface area contributed by atoms with Crippen LogP contribution in [0.3, 0.4) is 0 Å². The first-order valence-corrected chi connectivity index (χ1v) is 6.48. The highest BCUT2D eigenvalue weighted by Crippen LogP contribution is 2.33. The molecule has 0 amide bonds. The highest BCUT2D eigenvalue weighted by atomic mass is 16.3. The van der Waals surface area contributed by atoms with Crippen LogP contribution in [0.4, 0.5) is 5.69 Å². The van der Waals surface area contributed by atoms with E-state index in [1.807, 2.05) is 0 Å². The average molecular weight is 233 g/mol. The van der Waals surface area contributed by atoms with E-state index in [1.165, 1.54) is 16.8 Å². The first-order chi connectivity index (χ1) is 7.91. The second kappa shape index (κ2) is 4.34. The topological polar surface area (TPSA) is 32.3 Å². The quantitative estimate of drug-likeness (QED) is 0.781. The number of anilines is 1. The van der Waals surface area contributed by atoms with E-state index in [9.17, 15) is 5.11 Å². The summed E-state index contributed by atoms with van der Waals surface area (Å²) in [5.41, 5.74) is 3.84. The largest absolute Gasteiger partial charge is 0.391 e. The van der Waals surface area contributed by atoms with E-state index in [0.717, 1.165) is 12.8 Å². The maximum Gasteiger partial charge on any atom is 0.0787 e. The van der Waals surface area contributed by atoms with Gasteiger partial charge in [0.05, 0.1) is 12.1 Å². The van der Waals surface area contributed by atoms with E-state index in [1.54, 1.807) is 0 Å². The van der Waals surface area contributed by atoms with Crippen LogP contribution in [0.2, 0.25) is 0 Å². The zero-order valence-corrected chi connectivity index (χ0v) is 11.2. The van der Waals surface area contributed by atoms with E-state index in [-0.39, 0.29) is 17.6 Å². The lowest BCUT2D eigenvalue weighted by Crippen LogP contribution is -2.47. The number of hydrogen-bond acceptors (Lipinski definition) is 2. The summed E-state index contributed by atoms with van der Waals surface area (Å²) < 4.78 is 0. The molecule has 1 heterocycles. The number of aliphatic hydroxyl groups excluding tert-OH is 1. The van der Waals surface area contributed by atoms with Crippen molar-refractivity contribution in [1.82, 2.24) is 0 Å². The maximum atomic E-state index is 10.3. The number of rotatable bonds is 1. The lowest BCUT2D eigenvalue weighted by molar-refractivity contribution is 0.0987. The Kier molecular flexibility index (Phi) is 3.17. The molecule has 0 saturated heterocycles. The van der Waals surface area contributed by atoms with Crippen LogP contribution in [-0.4, -0.2) is 17.3 Å². The molecule has 1 aromatic rings. The molecule has 2 rings (SSSR count). The van der Waals surface area contributed by atoms with Crippen LogP contribution in [-0.2, 0) is 12.8 Å². The van der Waals surface area contributed by atoms with Crippen molar-refractivity contribution in [3.8, 4) is 0 Å². The Labute approximate surface area is 104 Å². The van der Waals surface area contributed by atoms with Gasteiger partial charge in [0, 0.05) is 12.1 Å². The molecular formula is C15H23NO. The molecule has 17 heavy (non-hydrogen) atoms. The Morgan fingerprint density at radius 3 is 2.65 bits per heavy atom. The Morgan fingerprint density at radius 1 is 1.35 bits per heavy atom. The molecule has 1 aromatic carbocycles. The third-order valence-electron chi connectivity index (χ3n) is 3.64. The zero-order chi connectivity index (χ0) is 12.6. The van der Waals surface area contributed by atoms with Gasteiger partial charge in [-0.2, -0.15) is 0 Å². The molecule has 2 nitrogen and oxygen atoms in total. The number of aliphatic hydroxyl groups is 1. The van der Waals surface area contributed by atoms with Crippen molar-refractivity contribution < 1.29 is 5.11 Å². The van der Waals surface area contributed by atoms with Gasteiger partial charge in [-0.1, -0.05) is 39.8 Å². The molecule has 0 saturated carbocycles. The van der Waals surface area contributed by atoms with Gasteiger partial charge in [-0.25, -0.2) is 0 Å². The fourth-order valence-corrected chi connectivity index (χ4v) is 2.58. The number of aryl methyl sites for hydroxylation is 1. The third kappa shape index (κ3) is 2.47. The molecule has 2 heteroatoms. The summed E-state index contributed by atoms with van der Waals surface area (Å²) in [4.78, 5) is 0. The lowest BCUT2D eigenvalue weighted by atomic mass is 9.79. The molecule has 94 valence electrons. The van der Waals surface area contributed by atoms with Gasteiger partial charge in [-0.15, -0.1) is 0 Å². The summed E-state index contributed by atoms with van der Waals surface area (Å²) in [5, 5.41) is 13.7. The van der Waals surface area contributed by atoms with E-state index >= 15 is 0 Å². The molecule has 2 N–H and O–H groups in total. The first kappa shape index (κ1) is 12.4. The minimum atomic E-state index is -0.297. The van der Waals surface area contributed by atoms with Crippen molar-refractivity contribution in [2.45, 2.75) is 52.7 Å². The standard InChI is InChI=1S/C15H23NO/c1-5-10-6-7-12-11(8-10)9-13(17)14(16-12)15(2,3)4/h6-8,13-14,16-17H,5,9H2,1-4H3. The van der Waals surface area contributed by atoms with Gasteiger partial charge in [-0.3, -0.25) is 0 Å². The van der Waals surface area contributed by atoms with Crippen LogP contribution in [0.1, 0.15) is 38.8 Å². The molecule has 2 unspecified atom stereocenters. The number of hydrogen-bond donors (Lipinski definition) is 2. The van der Waals surface area contributed by atoms with Crippen LogP contribution in [0.5, 0.6) is 0 Å². The van der Waals surface area contributed by atoms with Gasteiger partial charge in [0.2, 0.25) is 0 Å². The van der Waals surface area contributed by atoms with E-state index in [2.05, 4.69) is 51.2 Å². The molecule has 0 spiro atoms. The van der Waals surface area contributed by atoms with Gasteiger partial charge >= 0.3 is 0 Å². The van der Waals surface area contributed by atoms with E-state index in [0.29, 0.717) is 0 Å². The van der Waals surface area contributed by atoms with Gasteiger partial charge in [0.1, 0.15) is 0 Å². The summed E-state index contributed by atoms with van der Waals surface area (Å²) in [5.74, 6) is 0. The van der Waals surface area contributed by atoms with Gasteiger partial charge in [0.15, 0.2) is 0 Å². The van der Waals surface area contributed by atoms with E-state index in [4.69, 9.17) is 0 Å². The van der Waals surface area contributed by atoms with Crippen LogP contribution >= 0.6 is 0 Å². The highest BCUT2D eigenvalue weighted by molar-refractivity contribution is 5.56. The second-order valence-corrected chi connectivity index (χ2v) is 6.10. The normalized spacial score (nSPS) is 24.1. The zero-order valence-electron chi connectivity index (χ0n) is 11.2. The monoisotopic (exact) mass is 233 g/mol. The van der Waals surface area contributed by atoms with Crippen molar-refractivity contribution in [3.05, 3.63) is 29.3 Å². The van der Waals surface area contributed by atoms with E-state index < -0.39 is 0 Å². The molecule has 0 radical (unpaired) electrons. The smallest absolute Gasteiger partial charge is 0.0787 e. The molecule has 1 aliphatic rings. The van der Waals surface area contributed by atoms with Crippen LogP contribution in [0.25, 0.3) is 0 Å². The SMILES string of the molecule is CCc1ccc2c(c1)CC(O)C(C(C)(C)C)N2. The fraction of sp³-hybridized carbons (Fsp3) is 0.600. The van der Waals surface area contributed by atoms with Crippen molar-refractivity contribution in [1.29, 1.82) is 0 Å². The predicted molar refractivity (Wildman–Crippen MR) is 72.4 cm³/mol. The maximum absolute atomic E-state index is 10.3. The second-order valence-electron chi connectivity index (χ2n) is 6.10. The third-order valence-corrected chi connectivity index (χ3v) is 3.64. The summed E-state index contributed by atoms with van der Waals surface area (Å²) in [6.07, 6.45) is 1.51. The Morgan fingerprint density at radius 2 is 2.06 bits per heavy atom. The van der Waals surface area contributed by atoms with Crippen LogP contribution < -0.4 is 5.32 Å². The van der Waals surface area contributed by atoms with Gasteiger partial charge < -0.3 is 10.4 Å². The van der Waals surface area contributed by atoms with Gasteiger partial charge in [-0.05, 0) is 29.0 Å². The van der Waals surface area contributed by atoms with Crippen LogP contribution in [0.15, 0.2) is 18.2 Å². The predicted octanol–water partition coefficient (Wildman–Crippen LogP) is 2.99. The Balaban J connectivity index is 2.30. The van der Waals surface area contributed by atoms with Gasteiger partial charge in [0.25, 0.3) is 0 Å². The first-order valence-electron chi connectivity index (χ1n) is 6.48. The van der Waals surface area contributed by atoms with Crippen molar-refractivity contribution in [2.75, 3.05) is 5.32 Å². The summed E-state index contributed by atoms with van der Waals surface area (Å²) in [6, 6.07) is 6.66. The molecule has 0 aliphatic carbocycles. The average Bonchev–Trinajstić information content (AvgIpc) is 2.25. The highest BCUT2D eigenvalue weighted by Gasteiger charge is 2.34. The van der Waals surface area contributed by atoms with Crippen LogP contribution in [0, 0.1) is 5.41 Å². The molecule has 2 atom stereocenters. The molecule has 0 aromatic heterocycles.